The number of methoxy groups -OCH3 is 3. The van der Waals surface area contributed by atoms with Gasteiger partial charge in [-0.05, 0) is 71.8 Å². The first kappa shape index (κ1) is 32.3. The molecule has 3 N–H and O–H groups in total. The van der Waals surface area contributed by atoms with Crippen LogP contribution in [0.3, 0.4) is 0 Å². The van der Waals surface area contributed by atoms with Crippen molar-refractivity contribution in [3.63, 3.8) is 0 Å². The molecule has 4 aromatic rings. The molecule has 3 atom stereocenters. The third-order valence-corrected chi connectivity index (χ3v) is 8.72. The lowest BCUT2D eigenvalue weighted by Crippen LogP contribution is -2.40. The van der Waals surface area contributed by atoms with E-state index in [4.69, 9.17) is 14.2 Å². The van der Waals surface area contributed by atoms with E-state index >= 15 is 0 Å². The van der Waals surface area contributed by atoms with E-state index in [2.05, 4.69) is 20.9 Å². The number of imidazole rings is 1. The number of nitrogens with one attached hydrogen (secondary N) is 3. The number of carbonyl (C=O) groups is 2. The van der Waals surface area contributed by atoms with Gasteiger partial charge in [-0.25, -0.2) is 4.98 Å². The lowest BCUT2D eigenvalue weighted by atomic mass is 9.95. The van der Waals surface area contributed by atoms with Crippen LogP contribution in [0.1, 0.15) is 50.8 Å². The second-order valence-corrected chi connectivity index (χ2v) is 11.7. The summed E-state index contributed by atoms with van der Waals surface area (Å²) < 4.78 is 19.1. The summed E-state index contributed by atoms with van der Waals surface area (Å²) in [7, 11) is 6.58. The van der Waals surface area contributed by atoms with Crippen molar-refractivity contribution in [1.29, 1.82) is 0 Å². The van der Waals surface area contributed by atoms with E-state index in [1.54, 1.807) is 39.8 Å². The molecule has 1 heterocycles. The van der Waals surface area contributed by atoms with Crippen LogP contribution in [0.2, 0.25) is 0 Å². The first-order valence-electron chi connectivity index (χ1n) is 15.4. The molecule has 2 amide bonds. The minimum atomic E-state index is -0.711. The van der Waals surface area contributed by atoms with Crippen molar-refractivity contribution in [2.45, 2.75) is 52.1 Å². The van der Waals surface area contributed by atoms with Crippen LogP contribution in [-0.2, 0) is 23.1 Å². The van der Waals surface area contributed by atoms with Crippen LogP contribution in [0, 0.1) is 5.92 Å². The number of hydrogen-bond acceptors (Lipinski definition) is 8. The van der Waals surface area contributed by atoms with Crippen molar-refractivity contribution >= 4 is 34.2 Å². The van der Waals surface area contributed by atoms with Gasteiger partial charge in [0.1, 0.15) is 6.04 Å². The largest absolute Gasteiger partial charge is 0.493 e. The van der Waals surface area contributed by atoms with E-state index < -0.39 is 12.1 Å². The van der Waals surface area contributed by atoms with Crippen molar-refractivity contribution in [3.8, 4) is 28.4 Å². The summed E-state index contributed by atoms with van der Waals surface area (Å²) in [6, 6.07) is 11.4. The summed E-state index contributed by atoms with van der Waals surface area (Å²) in [5, 5.41) is 9.29. The maximum absolute atomic E-state index is 13.9. The summed E-state index contributed by atoms with van der Waals surface area (Å²) in [6.45, 7) is 5.43. The normalized spacial score (nSPS) is 15.1. The lowest BCUT2D eigenvalue weighted by molar-refractivity contribution is -0.120. The number of benzene rings is 2. The molecule has 0 unspecified atom stereocenters. The van der Waals surface area contributed by atoms with E-state index in [1.165, 1.54) is 6.92 Å². The van der Waals surface area contributed by atoms with Gasteiger partial charge in [0, 0.05) is 25.2 Å². The van der Waals surface area contributed by atoms with Gasteiger partial charge in [-0.1, -0.05) is 26.3 Å². The summed E-state index contributed by atoms with van der Waals surface area (Å²) in [5.74, 6) is 0.838. The molecule has 11 nitrogen and oxygen atoms in total. The Bertz CT molecular complexity index is 1850. The number of carbonyl (C=O) groups excluding carboxylic acids is 2. The van der Waals surface area contributed by atoms with E-state index in [1.807, 2.05) is 55.8 Å². The first-order chi connectivity index (χ1) is 22.1. The summed E-state index contributed by atoms with van der Waals surface area (Å²) in [5.41, 5.74) is 5.33. The van der Waals surface area contributed by atoms with Crippen molar-refractivity contribution < 1.29 is 23.8 Å². The van der Waals surface area contributed by atoms with Crippen LogP contribution >= 0.6 is 0 Å². The summed E-state index contributed by atoms with van der Waals surface area (Å²) in [6.07, 6.45) is 3.56. The first-order valence-corrected chi connectivity index (χ1v) is 15.4. The zero-order chi connectivity index (χ0) is 33.1. The van der Waals surface area contributed by atoms with Crippen LogP contribution in [0.4, 0.5) is 11.4 Å². The molecule has 46 heavy (non-hydrogen) atoms. The second-order valence-electron chi connectivity index (χ2n) is 11.7. The fraction of sp³-hybridized carbons (Fsp3) is 0.371. The molecule has 1 aliphatic rings. The molecule has 0 saturated heterocycles. The van der Waals surface area contributed by atoms with E-state index in [0.717, 1.165) is 22.2 Å². The number of aryl methyl sites for hydroxylation is 2. The highest BCUT2D eigenvalue weighted by molar-refractivity contribution is 5.98. The number of hydrogen-bond donors (Lipinski definition) is 3. The van der Waals surface area contributed by atoms with Crippen molar-refractivity contribution in [2.24, 2.45) is 13.0 Å². The molecule has 5 rings (SSSR count). The zero-order valence-electron chi connectivity index (χ0n) is 27.3. The average molecular weight is 628 g/mol. The topological polar surface area (TPSA) is 133 Å². The highest BCUT2D eigenvalue weighted by Crippen LogP contribution is 2.50. The van der Waals surface area contributed by atoms with Gasteiger partial charge in [0.05, 0.1) is 50.4 Å². The Morgan fingerprint density at radius 2 is 1.80 bits per heavy atom. The predicted octanol–water partition coefficient (Wildman–Crippen LogP) is 5.22. The van der Waals surface area contributed by atoms with Gasteiger partial charge in [-0.3, -0.25) is 14.4 Å². The fourth-order valence-electron chi connectivity index (χ4n) is 6.13. The minimum absolute atomic E-state index is 0.106. The number of ether oxygens (including phenoxy) is 3. The smallest absolute Gasteiger partial charge is 0.247 e. The van der Waals surface area contributed by atoms with E-state index in [9.17, 15) is 14.4 Å². The number of rotatable bonds is 10. The standard InChI is InChI=1S/C35H41N5O6/c1-8-19(2)32(35(43)38-22-10-14-28-27(16-22)36-18-40(28)4)39-26-13-11-23-24(17-29(26)42)25(37-20(3)41)12-9-21-15-30(44-5)33(45-6)34(46-7)31(21)23/h10-11,13-19,25,32H,8-9,12H2,1-7H3,(H,37,41)(H,38,43)(H,39,42)/t19-,25+,32+/m1/s1. The van der Waals surface area contributed by atoms with E-state index in [-0.39, 0.29) is 28.8 Å². The monoisotopic (exact) mass is 627 g/mol. The quantitative estimate of drug-likeness (QED) is 0.218. The van der Waals surface area contributed by atoms with Crippen LogP contribution in [0.15, 0.2) is 53.6 Å². The maximum Gasteiger partial charge on any atom is 0.247 e. The average Bonchev–Trinajstić information content (AvgIpc) is 3.24. The molecule has 0 bridgehead atoms. The summed E-state index contributed by atoms with van der Waals surface area (Å²) in [4.78, 5) is 44.3. The Morgan fingerprint density at radius 3 is 2.48 bits per heavy atom. The van der Waals surface area contributed by atoms with Gasteiger partial charge in [-0.2, -0.15) is 0 Å². The molecule has 0 radical (unpaired) electrons. The van der Waals surface area contributed by atoms with Crippen LogP contribution in [0.5, 0.6) is 17.2 Å². The molecular weight excluding hydrogens is 586 g/mol. The number of nitrogens with zero attached hydrogens (tertiary/aromatic N) is 2. The molecule has 242 valence electrons. The predicted molar refractivity (Wildman–Crippen MR) is 179 cm³/mol. The Morgan fingerprint density at radius 1 is 1.04 bits per heavy atom. The molecule has 1 aliphatic carbocycles. The Balaban J connectivity index is 1.59. The maximum atomic E-state index is 13.9. The van der Waals surface area contributed by atoms with Crippen LogP contribution in [0.25, 0.3) is 22.2 Å². The van der Waals surface area contributed by atoms with Crippen molar-refractivity contribution in [3.05, 3.63) is 70.1 Å². The molecule has 1 aromatic heterocycles. The molecule has 0 aliphatic heterocycles. The highest BCUT2D eigenvalue weighted by Gasteiger charge is 2.30. The molecule has 11 heteroatoms. The lowest BCUT2D eigenvalue weighted by Gasteiger charge is -2.24. The number of anilines is 2. The third kappa shape index (κ3) is 6.22. The zero-order valence-corrected chi connectivity index (χ0v) is 27.3. The Labute approximate surface area is 268 Å². The van der Waals surface area contributed by atoms with E-state index in [0.29, 0.717) is 53.3 Å². The number of fused-ring (bicyclic) bond motifs is 4. The van der Waals surface area contributed by atoms with Crippen molar-refractivity contribution in [2.75, 3.05) is 32.0 Å². The molecule has 3 aromatic carbocycles. The number of amides is 2. The SMILES string of the molecule is CC[C@@H](C)[C@H](Nc1ccc2c(cc1=O)[C@@H](NC(C)=O)CCc1cc(OC)c(OC)c(OC)c1-2)C(=O)Nc1ccc2c(c1)ncn2C. The van der Waals surface area contributed by atoms with Gasteiger partial charge in [0.15, 0.2) is 11.5 Å². The summed E-state index contributed by atoms with van der Waals surface area (Å²) >= 11 is 0. The Hall–Kier alpha value is -5.06. The molecule has 0 fully saturated rings. The van der Waals surface area contributed by atoms with Gasteiger partial charge in [-0.15, -0.1) is 0 Å². The minimum Gasteiger partial charge on any atom is -0.493 e. The van der Waals surface area contributed by atoms with Crippen LogP contribution in [-0.4, -0.2) is 48.7 Å². The Kier molecular flexibility index (Phi) is 9.50. The van der Waals surface area contributed by atoms with Gasteiger partial charge >= 0.3 is 0 Å². The molecular formula is C35H41N5O6. The molecule has 0 saturated carbocycles. The number of aromatic nitrogens is 2. The van der Waals surface area contributed by atoms with Crippen LogP contribution < -0.4 is 35.6 Å². The second kappa shape index (κ2) is 13.5. The van der Waals surface area contributed by atoms with Gasteiger partial charge in [0.2, 0.25) is 23.0 Å². The fourth-order valence-corrected chi connectivity index (χ4v) is 6.13. The van der Waals surface area contributed by atoms with Gasteiger partial charge in [0.25, 0.3) is 0 Å². The molecule has 0 spiro atoms. The highest BCUT2D eigenvalue weighted by atomic mass is 16.5. The third-order valence-electron chi connectivity index (χ3n) is 8.72. The van der Waals surface area contributed by atoms with Gasteiger partial charge < -0.3 is 34.7 Å². The van der Waals surface area contributed by atoms with Crippen molar-refractivity contribution in [1.82, 2.24) is 14.9 Å².